The maximum absolute atomic E-state index is 12.6. The van der Waals surface area contributed by atoms with Crippen LogP contribution in [-0.4, -0.2) is 44.9 Å². The van der Waals surface area contributed by atoms with Crippen molar-refractivity contribution in [3.05, 3.63) is 58.1 Å². The topological polar surface area (TPSA) is 105 Å². The van der Waals surface area contributed by atoms with Gasteiger partial charge in [-0.15, -0.1) is 0 Å². The molecule has 2 aliphatic rings. The van der Waals surface area contributed by atoms with E-state index >= 15 is 0 Å². The molecule has 3 N–H and O–H groups in total. The molecule has 2 aliphatic heterocycles. The minimum Gasteiger partial charge on any atom is -0.388 e. The van der Waals surface area contributed by atoms with Crippen molar-refractivity contribution < 1.29 is 14.6 Å². The van der Waals surface area contributed by atoms with Gasteiger partial charge in [-0.05, 0) is 25.5 Å². The number of carbonyl (C=O) groups is 1. The van der Waals surface area contributed by atoms with Crippen molar-refractivity contribution in [1.82, 2.24) is 14.9 Å². The lowest BCUT2D eigenvalue weighted by molar-refractivity contribution is -0.112. The quantitative estimate of drug-likeness (QED) is 0.736. The highest BCUT2D eigenvalue weighted by molar-refractivity contribution is 6.03. The van der Waals surface area contributed by atoms with E-state index in [1.165, 1.54) is 4.57 Å². The molecule has 0 saturated carbocycles. The summed E-state index contributed by atoms with van der Waals surface area (Å²) in [5, 5.41) is 16.4. The van der Waals surface area contributed by atoms with Crippen LogP contribution in [0.25, 0.3) is 0 Å². The second-order valence-corrected chi connectivity index (χ2v) is 7.06. The SMILES string of the molecule is CC[C@@]12CN[C@@H](C(n3cc(C)c(NC(=O)c4ccccc4)nc3=O)O1)[C@@H]2O. The fourth-order valence-corrected chi connectivity index (χ4v) is 3.81. The summed E-state index contributed by atoms with van der Waals surface area (Å²) in [6.07, 6.45) is 0.933. The number of morpholine rings is 1. The molecule has 0 radical (unpaired) electrons. The molecule has 2 aromatic rings. The van der Waals surface area contributed by atoms with Crippen LogP contribution in [0, 0.1) is 6.92 Å². The van der Waals surface area contributed by atoms with Crippen molar-refractivity contribution >= 4 is 11.7 Å². The largest absolute Gasteiger partial charge is 0.388 e. The highest BCUT2D eigenvalue weighted by atomic mass is 16.6. The molecule has 1 unspecified atom stereocenters. The Labute approximate surface area is 156 Å². The van der Waals surface area contributed by atoms with Crippen molar-refractivity contribution in [2.75, 3.05) is 11.9 Å². The number of aliphatic hydroxyl groups excluding tert-OH is 1. The molecule has 2 saturated heterocycles. The summed E-state index contributed by atoms with van der Waals surface area (Å²) in [5.74, 6) is -0.117. The average molecular weight is 370 g/mol. The summed E-state index contributed by atoms with van der Waals surface area (Å²) in [7, 11) is 0. The Bertz CT molecular complexity index is 929. The van der Waals surface area contributed by atoms with Crippen LogP contribution in [0.15, 0.2) is 41.3 Å². The van der Waals surface area contributed by atoms with Crippen LogP contribution in [0.1, 0.15) is 35.5 Å². The Balaban J connectivity index is 1.60. The maximum Gasteiger partial charge on any atom is 0.351 e. The number of aliphatic hydroxyl groups is 1. The standard InChI is InChI=1S/C19H22N4O4/c1-3-19-10-20-13(14(19)24)17(27-19)23-9-11(2)15(22-18(23)26)21-16(25)12-7-5-4-6-8-12/h4-9,13-14,17,20,24H,3,10H2,1-2H3,(H,21,22,25,26)/t13-,14+,17?,19+/m1/s1. The van der Waals surface area contributed by atoms with Gasteiger partial charge in [0.15, 0.2) is 6.23 Å². The zero-order valence-corrected chi connectivity index (χ0v) is 15.2. The average Bonchev–Trinajstić information content (AvgIpc) is 3.15. The van der Waals surface area contributed by atoms with E-state index in [1.54, 1.807) is 37.4 Å². The molecule has 1 aromatic heterocycles. The first-order valence-electron chi connectivity index (χ1n) is 9.00. The Morgan fingerprint density at radius 2 is 2.19 bits per heavy atom. The minimum absolute atomic E-state index is 0.215. The molecule has 1 aromatic carbocycles. The molecule has 1 amide bonds. The number of aryl methyl sites for hydroxylation is 1. The Morgan fingerprint density at radius 3 is 2.85 bits per heavy atom. The predicted molar refractivity (Wildman–Crippen MR) is 98.6 cm³/mol. The summed E-state index contributed by atoms with van der Waals surface area (Å²) in [6.45, 7) is 4.26. The third-order valence-corrected chi connectivity index (χ3v) is 5.45. The first kappa shape index (κ1) is 17.8. The number of rotatable bonds is 4. The van der Waals surface area contributed by atoms with Crippen LogP contribution in [0.3, 0.4) is 0 Å². The smallest absolute Gasteiger partial charge is 0.351 e. The molecule has 4 rings (SSSR count). The van der Waals surface area contributed by atoms with Gasteiger partial charge in [0.2, 0.25) is 0 Å². The number of amides is 1. The van der Waals surface area contributed by atoms with Crippen LogP contribution in [0.2, 0.25) is 0 Å². The van der Waals surface area contributed by atoms with E-state index in [0.29, 0.717) is 24.1 Å². The number of carbonyl (C=O) groups excluding carboxylic acids is 1. The maximum atomic E-state index is 12.6. The van der Waals surface area contributed by atoms with Gasteiger partial charge >= 0.3 is 5.69 Å². The fourth-order valence-electron chi connectivity index (χ4n) is 3.81. The Kier molecular flexibility index (Phi) is 4.33. The number of nitrogens with zero attached hydrogens (tertiary/aromatic N) is 2. The number of anilines is 1. The Morgan fingerprint density at radius 1 is 1.44 bits per heavy atom. The van der Waals surface area contributed by atoms with Crippen molar-refractivity contribution in [2.24, 2.45) is 0 Å². The van der Waals surface area contributed by atoms with Gasteiger partial charge in [-0.25, -0.2) is 4.79 Å². The van der Waals surface area contributed by atoms with Crippen LogP contribution in [0.4, 0.5) is 5.82 Å². The minimum atomic E-state index is -0.683. The molecule has 8 heteroatoms. The second kappa shape index (κ2) is 6.56. The highest BCUT2D eigenvalue weighted by Gasteiger charge is 2.59. The predicted octanol–water partition coefficient (Wildman–Crippen LogP) is 0.814. The number of aromatic nitrogens is 2. The monoisotopic (exact) mass is 370 g/mol. The van der Waals surface area contributed by atoms with E-state index in [9.17, 15) is 14.7 Å². The van der Waals surface area contributed by atoms with E-state index < -0.39 is 23.6 Å². The van der Waals surface area contributed by atoms with Gasteiger partial charge in [0.05, 0.1) is 6.04 Å². The number of nitrogens with one attached hydrogen (secondary N) is 2. The molecule has 4 atom stereocenters. The second-order valence-electron chi connectivity index (χ2n) is 7.06. The highest BCUT2D eigenvalue weighted by Crippen LogP contribution is 2.43. The van der Waals surface area contributed by atoms with Gasteiger partial charge < -0.3 is 20.5 Å². The van der Waals surface area contributed by atoms with E-state index in [2.05, 4.69) is 15.6 Å². The van der Waals surface area contributed by atoms with Crippen molar-refractivity contribution in [2.45, 2.75) is 44.2 Å². The molecule has 0 spiro atoms. The number of hydrogen-bond donors (Lipinski definition) is 3. The molecule has 3 heterocycles. The van der Waals surface area contributed by atoms with Gasteiger partial charge in [0.1, 0.15) is 17.5 Å². The van der Waals surface area contributed by atoms with Gasteiger partial charge in [-0.2, -0.15) is 4.98 Å². The zero-order chi connectivity index (χ0) is 19.2. The van der Waals surface area contributed by atoms with Crippen molar-refractivity contribution in [1.29, 1.82) is 0 Å². The lowest BCUT2D eigenvalue weighted by atomic mass is 9.96. The normalized spacial score (nSPS) is 29.1. The zero-order valence-electron chi connectivity index (χ0n) is 15.2. The van der Waals surface area contributed by atoms with Gasteiger partial charge in [0.25, 0.3) is 5.91 Å². The van der Waals surface area contributed by atoms with Crippen molar-refractivity contribution in [3.63, 3.8) is 0 Å². The third-order valence-electron chi connectivity index (χ3n) is 5.45. The third kappa shape index (κ3) is 2.86. The lowest BCUT2D eigenvalue weighted by Gasteiger charge is -2.31. The summed E-state index contributed by atoms with van der Waals surface area (Å²) < 4.78 is 7.42. The number of ether oxygens (including phenoxy) is 1. The molecule has 2 fully saturated rings. The van der Waals surface area contributed by atoms with Crippen LogP contribution < -0.4 is 16.3 Å². The van der Waals surface area contributed by atoms with E-state index in [0.717, 1.165) is 0 Å². The lowest BCUT2D eigenvalue weighted by Crippen LogP contribution is -2.45. The summed E-state index contributed by atoms with van der Waals surface area (Å²) in [4.78, 5) is 28.9. The molecule has 8 nitrogen and oxygen atoms in total. The van der Waals surface area contributed by atoms with Gasteiger partial charge in [-0.3, -0.25) is 9.36 Å². The molecular weight excluding hydrogens is 348 g/mol. The summed E-state index contributed by atoms with van der Waals surface area (Å²) in [6, 6.07) is 8.36. The fraction of sp³-hybridized carbons (Fsp3) is 0.421. The van der Waals surface area contributed by atoms with Gasteiger partial charge in [-0.1, -0.05) is 25.1 Å². The molecule has 27 heavy (non-hydrogen) atoms. The first-order chi connectivity index (χ1) is 12.9. The number of fused-ring (bicyclic) bond motifs is 2. The number of benzene rings is 1. The van der Waals surface area contributed by atoms with Crippen LogP contribution in [-0.2, 0) is 4.74 Å². The van der Waals surface area contributed by atoms with E-state index in [4.69, 9.17) is 4.74 Å². The molecule has 2 bridgehead atoms. The molecular formula is C19H22N4O4. The number of hydrogen-bond acceptors (Lipinski definition) is 6. The van der Waals surface area contributed by atoms with Gasteiger partial charge in [0, 0.05) is 23.9 Å². The van der Waals surface area contributed by atoms with Crippen LogP contribution >= 0.6 is 0 Å². The molecule has 0 aliphatic carbocycles. The van der Waals surface area contributed by atoms with E-state index in [1.807, 2.05) is 13.0 Å². The molecule has 142 valence electrons. The summed E-state index contributed by atoms with van der Waals surface area (Å²) >= 11 is 0. The van der Waals surface area contributed by atoms with E-state index in [-0.39, 0.29) is 17.8 Å². The first-order valence-corrected chi connectivity index (χ1v) is 9.00. The van der Waals surface area contributed by atoms with Crippen LogP contribution in [0.5, 0.6) is 0 Å². The van der Waals surface area contributed by atoms with Crippen molar-refractivity contribution in [3.8, 4) is 0 Å². The Hall–Kier alpha value is -2.55. The summed E-state index contributed by atoms with van der Waals surface area (Å²) in [5.41, 5.74) is -0.105.